The molecule has 0 unspecified atom stereocenters. The Morgan fingerprint density at radius 1 is 1.33 bits per heavy atom. The van der Waals surface area contributed by atoms with Crippen molar-refractivity contribution in [2.45, 2.75) is 26.7 Å². The summed E-state index contributed by atoms with van der Waals surface area (Å²) in [4.78, 5) is 0. The quantitative estimate of drug-likeness (QED) is 0.684. The second kappa shape index (κ2) is 5.44. The molecule has 0 saturated carbocycles. The van der Waals surface area contributed by atoms with Gasteiger partial charge in [0.1, 0.15) is 0 Å². The first-order chi connectivity index (χ1) is 7.17. The molecule has 1 aromatic rings. The third-order valence-corrected chi connectivity index (χ3v) is 2.10. The molecule has 2 nitrogen and oxygen atoms in total. The van der Waals surface area contributed by atoms with Gasteiger partial charge in [0, 0.05) is 6.42 Å². The molecule has 0 saturated heterocycles. The van der Waals surface area contributed by atoms with Crippen molar-refractivity contribution in [1.82, 2.24) is 0 Å². The van der Waals surface area contributed by atoms with Crippen molar-refractivity contribution >= 4 is 0 Å². The molecule has 0 fully saturated rings. The van der Waals surface area contributed by atoms with Crippen molar-refractivity contribution < 1.29 is 9.47 Å². The van der Waals surface area contributed by atoms with E-state index in [0.717, 1.165) is 35.7 Å². The van der Waals surface area contributed by atoms with Crippen LogP contribution < -0.4 is 9.47 Å². The standard InChI is InChI=1S/C13H18O2/c1-5-6-11(3)15-12-8-7-10(2)9-13(12)14-4/h7-9H,3,5-6H2,1-2,4H3. The molecule has 0 N–H and O–H groups in total. The first kappa shape index (κ1) is 11.6. The van der Waals surface area contributed by atoms with Gasteiger partial charge in [-0.3, -0.25) is 0 Å². The summed E-state index contributed by atoms with van der Waals surface area (Å²) in [6.45, 7) is 7.98. The maximum absolute atomic E-state index is 5.61. The summed E-state index contributed by atoms with van der Waals surface area (Å²) in [5.41, 5.74) is 1.15. The smallest absolute Gasteiger partial charge is 0.168 e. The molecule has 0 bridgehead atoms. The monoisotopic (exact) mass is 206 g/mol. The fourth-order valence-electron chi connectivity index (χ4n) is 1.34. The van der Waals surface area contributed by atoms with Crippen LogP contribution in [0.15, 0.2) is 30.5 Å². The van der Waals surface area contributed by atoms with Crippen LogP contribution in [0.4, 0.5) is 0 Å². The highest BCUT2D eigenvalue weighted by atomic mass is 16.5. The molecule has 0 atom stereocenters. The molecule has 1 rings (SSSR count). The molecule has 82 valence electrons. The number of methoxy groups -OCH3 is 1. The van der Waals surface area contributed by atoms with E-state index in [2.05, 4.69) is 13.5 Å². The van der Waals surface area contributed by atoms with E-state index in [9.17, 15) is 0 Å². The summed E-state index contributed by atoms with van der Waals surface area (Å²) < 4.78 is 10.9. The minimum absolute atomic E-state index is 0.738. The number of rotatable bonds is 5. The van der Waals surface area contributed by atoms with Gasteiger partial charge in [0.25, 0.3) is 0 Å². The summed E-state index contributed by atoms with van der Waals surface area (Å²) in [6.07, 6.45) is 1.91. The third kappa shape index (κ3) is 3.31. The molecule has 0 radical (unpaired) electrons. The Balaban J connectivity index is 2.80. The van der Waals surface area contributed by atoms with Crippen molar-refractivity contribution in [1.29, 1.82) is 0 Å². The Labute approximate surface area is 91.5 Å². The molecule has 0 spiro atoms. The van der Waals surface area contributed by atoms with Gasteiger partial charge in [0.2, 0.25) is 0 Å². The molecule has 2 heteroatoms. The Morgan fingerprint density at radius 3 is 2.67 bits per heavy atom. The van der Waals surface area contributed by atoms with Crippen LogP contribution in [0.1, 0.15) is 25.3 Å². The fourth-order valence-corrected chi connectivity index (χ4v) is 1.34. The van der Waals surface area contributed by atoms with Gasteiger partial charge in [-0.2, -0.15) is 0 Å². The lowest BCUT2D eigenvalue weighted by Gasteiger charge is -2.12. The van der Waals surface area contributed by atoms with E-state index in [-0.39, 0.29) is 0 Å². The van der Waals surface area contributed by atoms with Crippen LogP contribution in [0.2, 0.25) is 0 Å². The Morgan fingerprint density at radius 2 is 2.07 bits per heavy atom. The molecular weight excluding hydrogens is 188 g/mol. The van der Waals surface area contributed by atoms with Gasteiger partial charge >= 0.3 is 0 Å². The lowest BCUT2D eigenvalue weighted by Crippen LogP contribution is -1.96. The largest absolute Gasteiger partial charge is 0.493 e. The van der Waals surface area contributed by atoms with Crippen molar-refractivity contribution in [2.24, 2.45) is 0 Å². The van der Waals surface area contributed by atoms with Crippen LogP contribution in [-0.4, -0.2) is 7.11 Å². The highest BCUT2D eigenvalue weighted by Crippen LogP contribution is 2.29. The summed E-state index contributed by atoms with van der Waals surface area (Å²) >= 11 is 0. The lowest BCUT2D eigenvalue weighted by atomic mass is 10.2. The van der Waals surface area contributed by atoms with Crippen LogP contribution in [0, 0.1) is 6.92 Å². The summed E-state index contributed by atoms with van der Waals surface area (Å²) in [5, 5.41) is 0. The van der Waals surface area contributed by atoms with Gasteiger partial charge in [-0.1, -0.05) is 19.6 Å². The minimum Gasteiger partial charge on any atom is -0.493 e. The average Bonchev–Trinajstić information content (AvgIpc) is 2.21. The predicted octanol–water partition coefficient (Wildman–Crippen LogP) is 3.70. The van der Waals surface area contributed by atoms with Crippen LogP contribution in [0.3, 0.4) is 0 Å². The molecule has 0 aromatic heterocycles. The van der Waals surface area contributed by atoms with E-state index >= 15 is 0 Å². The summed E-state index contributed by atoms with van der Waals surface area (Å²) in [5.74, 6) is 2.27. The Kier molecular flexibility index (Phi) is 4.22. The van der Waals surface area contributed by atoms with Gasteiger partial charge in [-0.25, -0.2) is 0 Å². The van der Waals surface area contributed by atoms with Crippen LogP contribution in [-0.2, 0) is 0 Å². The van der Waals surface area contributed by atoms with E-state index < -0.39 is 0 Å². The number of hydrogen-bond donors (Lipinski definition) is 0. The van der Waals surface area contributed by atoms with Gasteiger partial charge in [-0.05, 0) is 31.0 Å². The molecule has 1 aromatic carbocycles. The first-order valence-corrected chi connectivity index (χ1v) is 5.17. The zero-order valence-corrected chi connectivity index (χ0v) is 9.67. The van der Waals surface area contributed by atoms with Gasteiger partial charge in [0.05, 0.1) is 12.9 Å². The lowest BCUT2D eigenvalue weighted by molar-refractivity contribution is 0.352. The number of allylic oxidation sites excluding steroid dienone is 1. The van der Waals surface area contributed by atoms with E-state index in [1.165, 1.54) is 0 Å². The second-order valence-corrected chi connectivity index (χ2v) is 3.55. The topological polar surface area (TPSA) is 18.5 Å². The molecule has 0 aliphatic carbocycles. The molecule has 0 aliphatic rings. The second-order valence-electron chi connectivity index (χ2n) is 3.55. The zero-order valence-electron chi connectivity index (χ0n) is 9.67. The van der Waals surface area contributed by atoms with E-state index in [1.807, 2.05) is 25.1 Å². The maximum atomic E-state index is 5.61. The van der Waals surface area contributed by atoms with Gasteiger partial charge < -0.3 is 9.47 Å². The normalized spacial score (nSPS) is 9.80. The van der Waals surface area contributed by atoms with Crippen LogP contribution in [0.5, 0.6) is 11.5 Å². The molecule has 15 heavy (non-hydrogen) atoms. The maximum Gasteiger partial charge on any atom is 0.168 e. The first-order valence-electron chi connectivity index (χ1n) is 5.17. The van der Waals surface area contributed by atoms with Gasteiger partial charge in [0.15, 0.2) is 11.5 Å². The highest BCUT2D eigenvalue weighted by Gasteiger charge is 2.05. The molecule has 0 heterocycles. The van der Waals surface area contributed by atoms with Crippen molar-refractivity contribution in [2.75, 3.05) is 7.11 Å². The average molecular weight is 206 g/mol. The SMILES string of the molecule is C=C(CCC)Oc1ccc(C)cc1OC. The van der Waals surface area contributed by atoms with E-state index in [0.29, 0.717) is 0 Å². The summed E-state index contributed by atoms with van der Waals surface area (Å²) in [6, 6.07) is 5.86. The van der Waals surface area contributed by atoms with Crippen molar-refractivity contribution in [3.05, 3.63) is 36.1 Å². The van der Waals surface area contributed by atoms with Crippen LogP contribution in [0.25, 0.3) is 0 Å². The fraction of sp³-hybridized carbons (Fsp3) is 0.385. The molecule has 0 aliphatic heterocycles. The highest BCUT2D eigenvalue weighted by molar-refractivity contribution is 5.43. The molecule has 0 amide bonds. The summed E-state index contributed by atoms with van der Waals surface area (Å²) in [7, 11) is 1.64. The minimum atomic E-state index is 0.738. The molecular formula is C13H18O2. The number of ether oxygens (including phenoxy) is 2. The third-order valence-electron chi connectivity index (χ3n) is 2.10. The van der Waals surface area contributed by atoms with E-state index in [4.69, 9.17) is 9.47 Å². The van der Waals surface area contributed by atoms with E-state index in [1.54, 1.807) is 7.11 Å². The Bertz CT molecular complexity index is 342. The van der Waals surface area contributed by atoms with Crippen molar-refractivity contribution in [3.8, 4) is 11.5 Å². The number of aryl methyl sites for hydroxylation is 1. The van der Waals surface area contributed by atoms with Crippen molar-refractivity contribution in [3.63, 3.8) is 0 Å². The predicted molar refractivity (Wildman–Crippen MR) is 62.4 cm³/mol. The number of benzene rings is 1. The zero-order chi connectivity index (χ0) is 11.3. The Hall–Kier alpha value is -1.44. The van der Waals surface area contributed by atoms with Gasteiger partial charge in [-0.15, -0.1) is 0 Å². The van der Waals surface area contributed by atoms with Crippen LogP contribution >= 0.6 is 0 Å². The number of hydrogen-bond acceptors (Lipinski definition) is 2.